The second-order valence-electron chi connectivity index (χ2n) is 2.56. The Bertz CT molecular complexity index is 76.6. The van der Waals surface area contributed by atoms with Crippen molar-refractivity contribution in [3.63, 3.8) is 0 Å². The van der Waals surface area contributed by atoms with E-state index in [2.05, 4.69) is 0 Å². The zero-order chi connectivity index (χ0) is 5.82. The van der Waals surface area contributed by atoms with Crippen LogP contribution in [-0.2, 0) is 23.3 Å². The van der Waals surface area contributed by atoms with Gasteiger partial charge in [0.1, 0.15) is 0 Å². The summed E-state index contributed by atoms with van der Waals surface area (Å²) in [5, 5.41) is 0. The third-order valence-corrected chi connectivity index (χ3v) is 6.50. The molecule has 0 unspecified atom stereocenters. The first kappa shape index (κ1) is 7.21. The summed E-state index contributed by atoms with van der Waals surface area (Å²) in [5.74, 6) is 0. The van der Waals surface area contributed by atoms with Crippen molar-refractivity contribution in [2.24, 2.45) is 0 Å². The van der Waals surface area contributed by atoms with Crippen molar-refractivity contribution in [1.82, 2.24) is 0 Å². The van der Waals surface area contributed by atoms with Crippen molar-refractivity contribution in [1.29, 1.82) is 0 Å². The van der Waals surface area contributed by atoms with Gasteiger partial charge in [0.15, 0.2) is 0 Å². The molecule has 0 heterocycles. The van der Waals surface area contributed by atoms with Crippen molar-refractivity contribution < 1.29 is 23.3 Å². The molecule has 0 amide bonds. The summed E-state index contributed by atoms with van der Waals surface area (Å²) in [4.78, 5) is 0. The van der Waals surface area contributed by atoms with Gasteiger partial charge in [0.25, 0.3) is 0 Å². The third kappa shape index (κ3) is 2.14. The van der Waals surface area contributed by atoms with Gasteiger partial charge in [-0.3, -0.25) is 0 Å². The van der Waals surface area contributed by atoms with Crippen LogP contribution in [0.3, 0.4) is 0 Å². The van der Waals surface area contributed by atoms with E-state index in [1.54, 1.807) is 12.8 Å². The standard InChI is InChI=1S/C6H12Si.Zr/c7-6-4-2-1-3-5-6;/h6-7H,1-5H2;/q;+2. The SMILES string of the molecule is [Zr+2]=[SiH]C1CCCCC1. The summed E-state index contributed by atoms with van der Waals surface area (Å²) in [5.41, 5.74) is 1.21. The van der Waals surface area contributed by atoms with Crippen LogP contribution in [0.1, 0.15) is 32.1 Å². The molecule has 0 aromatic carbocycles. The summed E-state index contributed by atoms with van der Waals surface area (Å²) in [6.07, 6.45) is 8.60. The van der Waals surface area contributed by atoms with Crippen LogP contribution in [0.2, 0.25) is 5.54 Å². The molecule has 0 radical (unpaired) electrons. The first-order valence-electron chi connectivity index (χ1n) is 3.44. The average Bonchev–Trinajstić information content (AvgIpc) is 1.90. The molecular weight excluding hydrogens is 191 g/mol. The number of hydrogen-bond acceptors (Lipinski definition) is 0. The summed E-state index contributed by atoms with van der Waals surface area (Å²) in [7, 11) is 0. The molecular formula is C6H12SiZr+2. The maximum atomic E-state index is 1.82. The van der Waals surface area contributed by atoms with Crippen molar-refractivity contribution in [2.75, 3.05) is 0 Å². The minimum atomic E-state index is 0.878. The van der Waals surface area contributed by atoms with E-state index >= 15 is 0 Å². The van der Waals surface area contributed by atoms with Gasteiger partial charge >= 0.3 is 67.1 Å². The molecule has 42 valence electrons. The molecule has 1 aliphatic carbocycles. The molecule has 0 aromatic rings. The van der Waals surface area contributed by atoms with E-state index in [0.29, 0.717) is 0 Å². The maximum absolute atomic E-state index is 1.82. The molecule has 2 heteroatoms. The second-order valence-corrected chi connectivity index (χ2v) is 6.30. The predicted octanol–water partition coefficient (Wildman–Crippen LogP) is 1.64. The molecule has 1 fully saturated rings. The quantitative estimate of drug-likeness (QED) is 0.569. The monoisotopic (exact) mass is 202 g/mol. The van der Waals surface area contributed by atoms with Crippen molar-refractivity contribution >= 4 is 6.16 Å². The predicted molar refractivity (Wildman–Crippen MR) is 34.0 cm³/mol. The van der Waals surface area contributed by atoms with Gasteiger partial charge in [0, 0.05) is 0 Å². The molecule has 0 bridgehead atoms. The topological polar surface area (TPSA) is 0 Å². The number of hydrogen-bond donors (Lipinski definition) is 0. The molecule has 1 rings (SSSR count). The van der Waals surface area contributed by atoms with E-state index in [9.17, 15) is 0 Å². The molecule has 1 saturated carbocycles. The van der Waals surface area contributed by atoms with Gasteiger partial charge in [-0.2, -0.15) is 0 Å². The first-order valence-corrected chi connectivity index (χ1v) is 8.94. The summed E-state index contributed by atoms with van der Waals surface area (Å²) < 4.78 is 0. The Labute approximate surface area is 67.0 Å². The molecule has 0 atom stereocenters. The van der Waals surface area contributed by atoms with Crippen LogP contribution >= 0.6 is 0 Å². The zero-order valence-electron chi connectivity index (χ0n) is 5.19. The van der Waals surface area contributed by atoms with Crippen molar-refractivity contribution in [3.8, 4) is 0 Å². The summed E-state index contributed by atoms with van der Waals surface area (Å²) >= 11 is 1.82. The van der Waals surface area contributed by atoms with Crippen LogP contribution in [0.4, 0.5) is 0 Å². The molecule has 0 nitrogen and oxygen atoms in total. The molecule has 0 aromatic heterocycles. The Kier molecular flexibility index (Phi) is 3.61. The Morgan fingerprint density at radius 3 is 2.12 bits per heavy atom. The van der Waals surface area contributed by atoms with E-state index in [-0.39, 0.29) is 0 Å². The van der Waals surface area contributed by atoms with Crippen molar-refractivity contribution in [2.45, 2.75) is 37.6 Å². The molecule has 0 aliphatic heterocycles. The average molecular weight is 203 g/mol. The van der Waals surface area contributed by atoms with E-state index in [1.165, 1.54) is 24.8 Å². The Balaban J connectivity index is 2.22. The molecule has 8 heavy (non-hydrogen) atoms. The van der Waals surface area contributed by atoms with Gasteiger partial charge in [0.2, 0.25) is 0 Å². The molecule has 0 N–H and O–H groups in total. The van der Waals surface area contributed by atoms with Gasteiger partial charge in [-0.05, 0) is 0 Å². The Hall–Kier alpha value is 1.10. The van der Waals surface area contributed by atoms with Crippen LogP contribution in [0.25, 0.3) is 0 Å². The molecule has 1 aliphatic rings. The van der Waals surface area contributed by atoms with E-state index < -0.39 is 0 Å². The third-order valence-electron chi connectivity index (χ3n) is 1.89. The van der Waals surface area contributed by atoms with Crippen LogP contribution in [0.5, 0.6) is 0 Å². The fourth-order valence-corrected chi connectivity index (χ4v) is 4.56. The van der Waals surface area contributed by atoms with Gasteiger partial charge in [-0.15, -0.1) is 0 Å². The normalized spacial score (nSPS) is 23.2. The summed E-state index contributed by atoms with van der Waals surface area (Å²) in [6, 6.07) is 0. The fourth-order valence-electron chi connectivity index (χ4n) is 1.30. The van der Waals surface area contributed by atoms with E-state index in [1.807, 2.05) is 23.3 Å². The van der Waals surface area contributed by atoms with Crippen LogP contribution in [0.15, 0.2) is 0 Å². The summed E-state index contributed by atoms with van der Waals surface area (Å²) in [6.45, 7) is 0. The minimum absolute atomic E-state index is 0.878. The van der Waals surface area contributed by atoms with E-state index in [0.717, 1.165) is 6.16 Å². The zero-order valence-corrected chi connectivity index (χ0v) is 8.80. The van der Waals surface area contributed by atoms with Crippen molar-refractivity contribution in [3.05, 3.63) is 0 Å². The van der Waals surface area contributed by atoms with Crippen LogP contribution < -0.4 is 0 Å². The van der Waals surface area contributed by atoms with E-state index in [4.69, 9.17) is 0 Å². The molecule has 0 spiro atoms. The van der Waals surface area contributed by atoms with Crippen LogP contribution in [0, 0.1) is 0 Å². The van der Waals surface area contributed by atoms with Gasteiger partial charge in [-0.1, -0.05) is 0 Å². The number of rotatable bonds is 1. The Morgan fingerprint density at radius 1 is 1.12 bits per heavy atom. The first-order chi connectivity index (χ1) is 3.93. The van der Waals surface area contributed by atoms with Gasteiger partial charge in [0.05, 0.1) is 0 Å². The van der Waals surface area contributed by atoms with Crippen LogP contribution in [-0.4, -0.2) is 6.16 Å². The fraction of sp³-hybridized carbons (Fsp3) is 1.00. The van der Waals surface area contributed by atoms with Gasteiger partial charge in [-0.25, -0.2) is 0 Å². The Morgan fingerprint density at radius 2 is 1.75 bits per heavy atom. The molecule has 0 saturated heterocycles. The second kappa shape index (κ2) is 4.00. The van der Waals surface area contributed by atoms with Gasteiger partial charge < -0.3 is 0 Å².